The number of ether oxygens (including phenoxy) is 4. The molecule has 0 spiro atoms. The number of halogens is 1. The number of alkyl halides is 1. The monoisotopic (exact) mass is 626 g/mol. The van der Waals surface area contributed by atoms with Crippen LogP contribution < -0.4 is 34.0 Å². The molecular formula is C26H51FN6O10. The summed E-state index contributed by atoms with van der Waals surface area (Å²) in [7, 11) is 0. The zero-order valence-electron chi connectivity index (χ0n) is 24.3. The smallest absolute Gasteiger partial charge is 0.186 e. The standard InChI is InChI=1S/C26H51FN6O10/c27-13(9-30)19(36)16(35)7-11-6-14(31)24(43-25-15(33-5-1-4-28)3-2-12(8-29)40-25)22(39)23(11)42-26-21(38)18(32)20(37)17(10-34)41-26/h11-15,17-26,33-34,36-39H,1-10,28-32H2/t11-,12-,13?,14-,15+,17+,18-,19?,20+,21+,22+,23-,24?,25+,26+/m0/s1. The predicted octanol–water partition coefficient (Wildman–Crippen LogP) is -5.38. The van der Waals surface area contributed by atoms with Crippen molar-refractivity contribution >= 4 is 5.78 Å². The largest absolute Gasteiger partial charge is 0.394 e. The first-order chi connectivity index (χ1) is 20.5. The summed E-state index contributed by atoms with van der Waals surface area (Å²) in [6.45, 7) is 0.115. The summed E-state index contributed by atoms with van der Waals surface area (Å²) < 4.78 is 37.9. The van der Waals surface area contributed by atoms with Crippen molar-refractivity contribution in [2.45, 2.75) is 118 Å². The Morgan fingerprint density at radius 2 is 1.70 bits per heavy atom. The van der Waals surface area contributed by atoms with Crippen LogP contribution in [0.3, 0.4) is 0 Å². The van der Waals surface area contributed by atoms with Gasteiger partial charge in [0.05, 0.1) is 30.9 Å². The van der Waals surface area contributed by atoms with E-state index in [0.29, 0.717) is 32.4 Å². The lowest BCUT2D eigenvalue weighted by atomic mass is 9.76. The lowest BCUT2D eigenvalue weighted by molar-refractivity contribution is -0.318. The van der Waals surface area contributed by atoms with Crippen molar-refractivity contribution < 1.29 is 53.7 Å². The molecule has 43 heavy (non-hydrogen) atoms. The van der Waals surface area contributed by atoms with Crippen LogP contribution in [0.4, 0.5) is 4.39 Å². The Morgan fingerprint density at radius 3 is 2.33 bits per heavy atom. The van der Waals surface area contributed by atoms with Crippen molar-refractivity contribution in [2.24, 2.45) is 34.6 Å². The lowest BCUT2D eigenvalue weighted by Crippen LogP contribution is -2.66. The van der Waals surface area contributed by atoms with Gasteiger partial charge in [-0.05, 0) is 44.7 Å². The highest BCUT2D eigenvalue weighted by Crippen LogP contribution is 2.36. The molecule has 2 aliphatic heterocycles. The fourth-order valence-electron chi connectivity index (χ4n) is 5.90. The number of aliphatic hydroxyl groups is 5. The maximum atomic E-state index is 14.0. The molecule has 0 radical (unpaired) electrons. The molecule has 2 saturated heterocycles. The van der Waals surface area contributed by atoms with Crippen LogP contribution in [-0.2, 0) is 23.7 Å². The first-order valence-corrected chi connectivity index (χ1v) is 14.9. The third-order valence-electron chi connectivity index (χ3n) is 8.52. The van der Waals surface area contributed by atoms with Crippen molar-refractivity contribution in [3.63, 3.8) is 0 Å². The van der Waals surface area contributed by atoms with Crippen LogP contribution in [0.2, 0.25) is 0 Å². The Balaban J connectivity index is 1.85. The summed E-state index contributed by atoms with van der Waals surface area (Å²) in [6.07, 6.45) is -13.2. The second kappa shape index (κ2) is 17.1. The van der Waals surface area contributed by atoms with Gasteiger partial charge in [0.25, 0.3) is 0 Å². The Bertz CT molecular complexity index is 852. The molecule has 3 fully saturated rings. The summed E-state index contributed by atoms with van der Waals surface area (Å²) >= 11 is 0. The zero-order valence-corrected chi connectivity index (χ0v) is 24.3. The first kappa shape index (κ1) is 36.5. The number of carbonyl (C=O) groups excluding carboxylic acids is 1. The zero-order chi connectivity index (χ0) is 31.8. The maximum Gasteiger partial charge on any atom is 0.186 e. The maximum absolute atomic E-state index is 14.0. The highest BCUT2D eigenvalue weighted by molar-refractivity contribution is 5.83. The molecule has 16 nitrogen and oxygen atoms in total. The fourth-order valence-corrected chi connectivity index (χ4v) is 5.90. The van der Waals surface area contributed by atoms with Gasteiger partial charge in [-0.1, -0.05) is 0 Å². The highest BCUT2D eigenvalue weighted by Gasteiger charge is 2.51. The molecule has 17 heteroatoms. The van der Waals surface area contributed by atoms with E-state index in [2.05, 4.69) is 5.32 Å². The van der Waals surface area contributed by atoms with E-state index < -0.39 is 105 Å². The number of rotatable bonds is 15. The second-order valence-corrected chi connectivity index (χ2v) is 11.6. The van der Waals surface area contributed by atoms with Crippen molar-refractivity contribution in [3.8, 4) is 0 Å². The normalized spacial score (nSPS) is 42.0. The van der Waals surface area contributed by atoms with Gasteiger partial charge in [-0.15, -0.1) is 0 Å². The number of ketones is 1. The van der Waals surface area contributed by atoms with Gasteiger partial charge in [-0.3, -0.25) is 4.79 Å². The van der Waals surface area contributed by atoms with E-state index >= 15 is 0 Å². The predicted molar refractivity (Wildman–Crippen MR) is 150 cm³/mol. The molecule has 2 heterocycles. The third kappa shape index (κ3) is 9.05. The quantitative estimate of drug-likeness (QED) is 0.0756. The van der Waals surface area contributed by atoms with Crippen molar-refractivity contribution in [2.75, 3.05) is 32.8 Å². The Labute approximate surface area is 250 Å². The van der Waals surface area contributed by atoms with Gasteiger partial charge in [0.15, 0.2) is 18.4 Å². The van der Waals surface area contributed by atoms with Crippen LogP contribution in [0, 0.1) is 5.92 Å². The molecule has 3 rings (SSSR count). The number of carbonyl (C=O) groups is 1. The first-order valence-electron chi connectivity index (χ1n) is 14.9. The molecule has 0 aromatic carbocycles. The molecule has 0 amide bonds. The molecule has 3 aliphatic rings. The molecule has 0 bridgehead atoms. The minimum atomic E-state index is -2.00. The topological polar surface area (TPSA) is 297 Å². The summed E-state index contributed by atoms with van der Waals surface area (Å²) in [6, 6.07) is -2.40. The van der Waals surface area contributed by atoms with Crippen LogP contribution in [0.15, 0.2) is 0 Å². The van der Waals surface area contributed by atoms with Crippen molar-refractivity contribution in [1.29, 1.82) is 0 Å². The summed E-state index contributed by atoms with van der Waals surface area (Å²) in [5, 5.41) is 55.6. The van der Waals surface area contributed by atoms with E-state index in [-0.39, 0.29) is 25.1 Å². The average Bonchev–Trinajstić information content (AvgIpc) is 3.00. The second-order valence-electron chi connectivity index (χ2n) is 11.6. The summed E-state index contributed by atoms with van der Waals surface area (Å²) in [5.41, 5.74) is 29.1. The molecule has 252 valence electrons. The van der Waals surface area contributed by atoms with Crippen LogP contribution in [0.25, 0.3) is 0 Å². The van der Waals surface area contributed by atoms with E-state index in [0.717, 1.165) is 0 Å². The number of hydrogen-bond donors (Lipinski definition) is 11. The van der Waals surface area contributed by atoms with Crippen LogP contribution >= 0.6 is 0 Å². The molecule has 1 saturated carbocycles. The molecule has 3 unspecified atom stereocenters. The minimum absolute atomic E-state index is 0.0175. The van der Waals surface area contributed by atoms with Gasteiger partial charge in [0, 0.05) is 25.6 Å². The van der Waals surface area contributed by atoms with Gasteiger partial charge < -0.3 is 78.5 Å². The van der Waals surface area contributed by atoms with Crippen LogP contribution in [-0.4, -0.2) is 150 Å². The van der Waals surface area contributed by atoms with Crippen molar-refractivity contribution in [1.82, 2.24) is 5.32 Å². The molecule has 1 aliphatic carbocycles. The Hall–Kier alpha value is -1.00. The van der Waals surface area contributed by atoms with E-state index in [1.165, 1.54) is 0 Å². The summed E-state index contributed by atoms with van der Waals surface area (Å²) in [4.78, 5) is 12.8. The van der Waals surface area contributed by atoms with E-state index in [1.807, 2.05) is 0 Å². The van der Waals surface area contributed by atoms with Crippen molar-refractivity contribution in [3.05, 3.63) is 0 Å². The minimum Gasteiger partial charge on any atom is -0.394 e. The van der Waals surface area contributed by atoms with E-state index in [4.69, 9.17) is 47.6 Å². The summed E-state index contributed by atoms with van der Waals surface area (Å²) in [5.74, 6) is -1.78. The Kier molecular flexibility index (Phi) is 14.5. The fraction of sp³-hybridized carbons (Fsp3) is 0.962. The van der Waals surface area contributed by atoms with Gasteiger partial charge in [-0.2, -0.15) is 0 Å². The number of aliphatic hydroxyl groups excluding tert-OH is 5. The number of nitrogens with two attached hydrogens (primary N) is 5. The molecule has 16 N–H and O–H groups in total. The lowest BCUT2D eigenvalue weighted by Gasteiger charge is -2.48. The van der Waals surface area contributed by atoms with Gasteiger partial charge in [0.2, 0.25) is 0 Å². The number of nitrogens with one attached hydrogen (secondary N) is 1. The average molecular weight is 627 g/mol. The van der Waals surface area contributed by atoms with Crippen LogP contribution in [0.5, 0.6) is 0 Å². The molecular weight excluding hydrogens is 575 g/mol. The molecule has 15 atom stereocenters. The SMILES string of the molecule is NCCCN[C@@H]1CC[C@@H](CN)O[C@@H]1OC1[C@@H](N)C[C@@H](CC(=O)C(O)C(F)CN)[C@H](O[C@H]2O[C@H](CO)[C@@H](O)[C@H](N)[C@H]2O)[C@H]1O. The molecule has 0 aromatic rings. The number of Topliss-reactive ketones (excluding diaryl/α,β-unsaturated/α-hetero) is 1. The van der Waals surface area contributed by atoms with Gasteiger partial charge in [-0.25, -0.2) is 4.39 Å². The van der Waals surface area contributed by atoms with E-state index in [1.54, 1.807) is 0 Å². The highest BCUT2D eigenvalue weighted by atomic mass is 19.1. The van der Waals surface area contributed by atoms with Crippen LogP contribution in [0.1, 0.15) is 32.1 Å². The van der Waals surface area contributed by atoms with Gasteiger partial charge >= 0.3 is 0 Å². The molecule has 0 aromatic heterocycles. The van der Waals surface area contributed by atoms with Gasteiger partial charge in [0.1, 0.15) is 42.8 Å². The number of hydrogen-bond acceptors (Lipinski definition) is 16. The Morgan fingerprint density at radius 1 is 1.00 bits per heavy atom. The third-order valence-corrected chi connectivity index (χ3v) is 8.52. The van der Waals surface area contributed by atoms with E-state index in [9.17, 15) is 34.7 Å².